The summed E-state index contributed by atoms with van der Waals surface area (Å²) in [7, 11) is 1.60. The molecule has 0 amide bonds. The predicted octanol–water partition coefficient (Wildman–Crippen LogP) is 1.27. The lowest BCUT2D eigenvalue weighted by molar-refractivity contribution is -0.147. The van der Waals surface area contributed by atoms with Crippen LogP contribution in [0.3, 0.4) is 0 Å². The molecule has 0 aliphatic rings. The van der Waals surface area contributed by atoms with Gasteiger partial charge in [-0.05, 0) is 12.1 Å². The average Bonchev–Trinajstić information content (AvgIpc) is 2.41. The molecule has 0 unspecified atom stereocenters. The largest absolute Gasteiger partial charge is 0.482 e. The van der Waals surface area contributed by atoms with E-state index in [0.717, 1.165) is 0 Å². The SMILES string of the molecule is COCCOCCOC(=O)COc1ccccc1. The van der Waals surface area contributed by atoms with Crippen molar-refractivity contribution in [3.8, 4) is 5.75 Å². The molecule has 0 N–H and O–H groups in total. The number of carbonyl (C=O) groups excluding carboxylic acids is 1. The highest BCUT2D eigenvalue weighted by molar-refractivity contribution is 5.71. The third-order valence-electron chi connectivity index (χ3n) is 2.02. The number of rotatable bonds is 9. The van der Waals surface area contributed by atoms with Crippen molar-refractivity contribution >= 4 is 5.97 Å². The van der Waals surface area contributed by atoms with Crippen molar-refractivity contribution in [1.82, 2.24) is 0 Å². The maximum Gasteiger partial charge on any atom is 0.344 e. The minimum absolute atomic E-state index is 0.0952. The summed E-state index contributed by atoms with van der Waals surface area (Å²) < 4.78 is 20.1. The topological polar surface area (TPSA) is 54.0 Å². The first kappa shape index (κ1) is 14.5. The summed E-state index contributed by atoms with van der Waals surface area (Å²) in [5, 5.41) is 0. The molecule has 0 saturated heterocycles. The van der Waals surface area contributed by atoms with Crippen LogP contribution in [0.4, 0.5) is 0 Å². The van der Waals surface area contributed by atoms with Gasteiger partial charge in [-0.1, -0.05) is 18.2 Å². The zero-order valence-electron chi connectivity index (χ0n) is 10.5. The molecule has 0 atom stereocenters. The van der Waals surface area contributed by atoms with Crippen LogP contribution in [0, 0.1) is 0 Å². The first-order chi connectivity index (χ1) is 8.83. The second-order valence-corrected chi connectivity index (χ2v) is 3.43. The lowest BCUT2D eigenvalue weighted by Crippen LogP contribution is -2.18. The summed E-state index contributed by atoms with van der Waals surface area (Å²) >= 11 is 0. The lowest BCUT2D eigenvalue weighted by atomic mass is 10.3. The Morgan fingerprint density at radius 3 is 2.50 bits per heavy atom. The number of methoxy groups -OCH3 is 1. The number of ether oxygens (including phenoxy) is 4. The van der Waals surface area contributed by atoms with Gasteiger partial charge in [-0.25, -0.2) is 4.79 Å². The zero-order valence-corrected chi connectivity index (χ0v) is 10.5. The molecular weight excluding hydrogens is 236 g/mol. The van der Waals surface area contributed by atoms with Crippen LogP contribution in [0.25, 0.3) is 0 Å². The summed E-state index contributed by atoms with van der Waals surface area (Å²) in [4.78, 5) is 11.3. The van der Waals surface area contributed by atoms with Crippen molar-refractivity contribution in [1.29, 1.82) is 0 Å². The van der Waals surface area contributed by atoms with Gasteiger partial charge in [0.25, 0.3) is 0 Å². The molecule has 100 valence electrons. The Kier molecular flexibility index (Phi) is 7.59. The third kappa shape index (κ3) is 6.88. The Morgan fingerprint density at radius 1 is 1.06 bits per heavy atom. The van der Waals surface area contributed by atoms with E-state index < -0.39 is 5.97 Å². The lowest BCUT2D eigenvalue weighted by Gasteiger charge is -2.07. The summed E-state index contributed by atoms with van der Waals surface area (Å²) in [6, 6.07) is 9.11. The highest BCUT2D eigenvalue weighted by atomic mass is 16.6. The Morgan fingerprint density at radius 2 is 1.78 bits per heavy atom. The fraction of sp³-hybridized carbons (Fsp3) is 0.462. The molecular formula is C13H18O5. The fourth-order valence-electron chi connectivity index (χ4n) is 1.16. The maximum absolute atomic E-state index is 11.3. The molecule has 0 saturated carbocycles. The Bertz CT molecular complexity index is 325. The smallest absolute Gasteiger partial charge is 0.344 e. The van der Waals surface area contributed by atoms with Crippen molar-refractivity contribution < 1.29 is 23.7 Å². The average molecular weight is 254 g/mol. The molecule has 0 fully saturated rings. The van der Waals surface area contributed by atoms with Crippen molar-refractivity contribution in [3.63, 3.8) is 0 Å². The molecule has 1 aromatic rings. The third-order valence-corrected chi connectivity index (χ3v) is 2.02. The van der Waals surface area contributed by atoms with Crippen molar-refractivity contribution in [2.45, 2.75) is 0 Å². The van der Waals surface area contributed by atoms with Crippen molar-refractivity contribution in [3.05, 3.63) is 30.3 Å². The molecule has 1 aromatic carbocycles. The van der Waals surface area contributed by atoms with E-state index in [1.54, 1.807) is 19.2 Å². The van der Waals surface area contributed by atoms with Gasteiger partial charge < -0.3 is 18.9 Å². The van der Waals surface area contributed by atoms with E-state index in [1.165, 1.54) is 0 Å². The number of esters is 1. The Balaban J connectivity index is 2.01. The molecule has 0 spiro atoms. The number of hydrogen-bond donors (Lipinski definition) is 0. The second-order valence-electron chi connectivity index (χ2n) is 3.43. The Labute approximate surface area is 107 Å². The Hall–Kier alpha value is -1.59. The minimum atomic E-state index is -0.408. The van der Waals surface area contributed by atoms with Crippen LogP contribution in [0.2, 0.25) is 0 Å². The first-order valence-electron chi connectivity index (χ1n) is 5.73. The van der Waals surface area contributed by atoms with E-state index in [9.17, 15) is 4.79 Å². The molecule has 0 bridgehead atoms. The van der Waals surface area contributed by atoms with Gasteiger partial charge in [0.05, 0.1) is 19.8 Å². The normalized spacial score (nSPS) is 10.1. The molecule has 0 aliphatic carbocycles. The van der Waals surface area contributed by atoms with Crippen molar-refractivity contribution in [2.75, 3.05) is 40.1 Å². The van der Waals surface area contributed by atoms with Gasteiger partial charge in [-0.2, -0.15) is 0 Å². The second kappa shape index (κ2) is 9.44. The van der Waals surface area contributed by atoms with Crippen LogP contribution in [-0.4, -0.2) is 46.1 Å². The molecule has 1 rings (SSSR count). The number of para-hydroxylation sites is 1. The van der Waals surface area contributed by atoms with E-state index in [-0.39, 0.29) is 13.2 Å². The summed E-state index contributed by atoms with van der Waals surface area (Å²) in [6.45, 7) is 1.52. The van der Waals surface area contributed by atoms with Crippen molar-refractivity contribution in [2.24, 2.45) is 0 Å². The highest BCUT2D eigenvalue weighted by Gasteiger charge is 2.03. The summed E-state index contributed by atoms with van der Waals surface area (Å²) in [5.41, 5.74) is 0. The van der Waals surface area contributed by atoms with Gasteiger partial charge in [0.1, 0.15) is 12.4 Å². The quantitative estimate of drug-likeness (QED) is 0.490. The summed E-state index contributed by atoms with van der Waals surface area (Å²) in [6.07, 6.45) is 0. The molecule has 0 radical (unpaired) electrons. The van der Waals surface area contributed by atoms with Crippen LogP contribution < -0.4 is 4.74 Å². The van der Waals surface area contributed by atoms with Crippen LogP contribution in [0.15, 0.2) is 30.3 Å². The van der Waals surface area contributed by atoms with Crippen LogP contribution in [0.5, 0.6) is 5.75 Å². The van der Waals surface area contributed by atoms with E-state index in [1.807, 2.05) is 18.2 Å². The standard InChI is InChI=1S/C13H18O5/c1-15-7-8-16-9-10-17-13(14)11-18-12-5-3-2-4-6-12/h2-6H,7-11H2,1H3. The predicted molar refractivity (Wildman–Crippen MR) is 65.6 cm³/mol. The molecule has 18 heavy (non-hydrogen) atoms. The number of hydrogen-bond acceptors (Lipinski definition) is 5. The molecule has 5 nitrogen and oxygen atoms in total. The van der Waals surface area contributed by atoms with Gasteiger partial charge in [0, 0.05) is 7.11 Å². The fourth-order valence-corrected chi connectivity index (χ4v) is 1.16. The van der Waals surface area contributed by atoms with Gasteiger partial charge in [-0.3, -0.25) is 0 Å². The van der Waals surface area contributed by atoms with Gasteiger partial charge in [0.2, 0.25) is 0 Å². The van der Waals surface area contributed by atoms with Crippen LogP contribution in [-0.2, 0) is 19.0 Å². The molecule has 0 heterocycles. The van der Waals surface area contributed by atoms with Crippen LogP contribution in [0.1, 0.15) is 0 Å². The zero-order chi connectivity index (χ0) is 13.1. The number of carbonyl (C=O) groups is 1. The maximum atomic E-state index is 11.3. The van der Waals surface area contributed by atoms with Gasteiger partial charge in [0.15, 0.2) is 6.61 Å². The van der Waals surface area contributed by atoms with Gasteiger partial charge >= 0.3 is 5.97 Å². The van der Waals surface area contributed by atoms with E-state index >= 15 is 0 Å². The minimum Gasteiger partial charge on any atom is -0.482 e. The first-order valence-corrected chi connectivity index (χ1v) is 5.73. The molecule has 5 heteroatoms. The van der Waals surface area contributed by atoms with E-state index in [0.29, 0.717) is 25.6 Å². The molecule has 0 aromatic heterocycles. The summed E-state index contributed by atoms with van der Waals surface area (Å²) in [5.74, 6) is 0.236. The molecule has 0 aliphatic heterocycles. The van der Waals surface area contributed by atoms with Gasteiger partial charge in [-0.15, -0.1) is 0 Å². The van der Waals surface area contributed by atoms with E-state index in [4.69, 9.17) is 18.9 Å². The monoisotopic (exact) mass is 254 g/mol. The highest BCUT2D eigenvalue weighted by Crippen LogP contribution is 2.07. The van der Waals surface area contributed by atoms with E-state index in [2.05, 4.69) is 0 Å². The van der Waals surface area contributed by atoms with Crippen LogP contribution >= 0.6 is 0 Å². The number of benzene rings is 1.